The zero-order valence-corrected chi connectivity index (χ0v) is 10.2. The predicted octanol–water partition coefficient (Wildman–Crippen LogP) is 3.34. The lowest BCUT2D eigenvalue weighted by molar-refractivity contribution is 0.641. The topological polar surface area (TPSA) is 26.0 Å². The van der Waals surface area contributed by atoms with E-state index >= 15 is 0 Å². The van der Waals surface area contributed by atoms with Gasteiger partial charge in [-0.15, -0.1) is 11.8 Å². The first kappa shape index (κ1) is 11.9. The van der Waals surface area contributed by atoms with Crippen molar-refractivity contribution in [1.82, 2.24) is 0 Å². The molecular weight excluding hydrogens is 214 g/mol. The minimum atomic E-state index is 0.236. The van der Waals surface area contributed by atoms with Gasteiger partial charge in [-0.3, -0.25) is 0 Å². The maximum atomic E-state index is 5.95. The molecule has 1 aromatic carbocycles. The summed E-state index contributed by atoms with van der Waals surface area (Å²) >= 11 is 7.69. The van der Waals surface area contributed by atoms with E-state index in [0.29, 0.717) is 0 Å². The third-order valence-corrected chi connectivity index (χ3v) is 3.32. The number of hydrogen-bond donors (Lipinski definition) is 1. The van der Waals surface area contributed by atoms with E-state index in [0.717, 1.165) is 17.9 Å². The van der Waals surface area contributed by atoms with Crippen molar-refractivity contribution in [2.75, 3.05) is 6.26 Å². The maximum Gasteiger partial charge on any atom is 0.0409 e. The lowest BCUT2D eigenvalue weighted by Crippen LogP contribution is -2.21. The van der Waals surface area contributed by atoms with E-state index in [2.05, 4.69) is 19.2 Å². The van der Waals surface area contributed by atoms with Crippen LogP contribution in [0, 0.1) is 0 Å². The molecule has 3 heteroatoms. The van der Waals surface area contributed by atoms with E-state index in [4.69, 9.17) is 17.3 Å². The lowest BCUT2D eigenvalue weighted by atomic mass is 10.0. The van der Waals surface area contributed by atoms with Crippen molar-refractivity contribution < 1.29 is 0 Å². The van der Waals surface area contributed by atoms with E-state index in [9.17, 15) is 0 Å². The molecule has 1 nitrogen and oxygen atoms in total. The first-order valence-corrected chi connectivity index (χ1v) is 6.35. The number of halogens is 1. The maximum absolute atomic E-state index is 5.95. The Labute approximate surface area is 95.0 Å². The highest BCUT2D eigenvalue weighted by Crippen LogP contribution is 2.25. The highest BCUT2D eigenvalue weighted by molar-refractivity contribution is 7.98. The van der Waals surface area contributed by atoms with Crippen LogP contribution in [-0.4, -0.2) is 12.3 Å². The van der Waals surface area contributed by atoms with Gasteiger partial charge in [-0.2, -0.15) is 0 Å². The van der Waals surface area contributed by atoms with Gasteiger partial charge < -0.3 is 5.73 Å². The van der Waals surface area contributed by atoms with Crippen molar-refractivity contribution in [3.05, 3.63) is 28.8 Å². The summed E-state index contributed by atoms with van der Waals surface area (Å²) in [5, 5.41) is 0.793. The summed E-state index contributed by atoms with van der Waals surface area (Å²) in [5.41, 5.74) is 7.19. The molecule has 0 aromatic heterocycles. The Morgan fingerprint density at radius 1 is 1.50 bits per heavy atom. The highest BCUT2D eigenvalue weighted by Gasteiger charge is 2.06. The van der Waals surface area contributed by atoms with E-state index in [1.165, 1.54) is 10.5 Å². The molecule has 0 saturated carbocycles. The molecule has 0 aliphatic heterocycles. The van der Waals surface area contributed by atoms with Crippen molar-refractivity contribution in [1.29, 1.82) is 0 Å². The molecule has 0 amide bonds. The van der Waals surface area contributed by atoms with Gasteiger partial charge in [0.05, 0.1) is 0 Å². The summed E-state index contributed by atoms with van der Waals surface area (Å²) in [7, 11) is 0. The highest BCUT2D eigenvalue weighted by atomic mass is 35.5. The monoisotopic (exact) mass is 229 g/mol. The molecule has 14 heavy (non-hydrogen) atoms. The molecule has 2 N–H and O–H groups in total. The van der Waals surface area contributed by atoms with Gasteiger partial charge in [0.2, 0.25) is 0 Å². The minimum Gasteiger partial charge on any atom is -0.327 e. The first-order chi connectivity index (χ1) is 6.67. The van der Waals surface area contributed by atoms with Crippen LogP contribution in [0.3, 0.4) is 0 Å². The molecular formula is C11H16ClNS. The second kappa shape index (κ2) is 5.64. The lowest BCUT2D eigenvalue weighted by Gasteiger charge is -2.12. The van der Waals surface area contributed by atoms with Crippen LogP contribution in [0.2, 0.25) is 5.02 Å². The van der Waals surface area contributed by atoms with Crippen LogP contribution in [0.4, 0.5) is 0 Å². The van der Waals surface area contributed by atoms with E-state index < -0.39 is 0 Å². The van der Waals surface area contributed by atoms with Crippen molar-refractivity contribution in [3.63, 3.8) is 0 Å². The molecule has 1 unspecified atom stereocenters. The van der Waals surface area contributed by atoms with Crippen molar-refractivity contribution >= 4 is 23.4 Å². The molecule has 1 rings (SSSR count). The fourth-order valence-corrected chi connectivity index (χ4v) is 2.14. The molecule has 0 heterocycles. The third-order valence-electron chi connectivity index (χ3n) is 2.25. The third kappa shape index (κ3) is 3.19. The fourth-order valence-electron chi connectivity index (χ4n) is 1.33. The molecule has 0 bridgehead atoms. The second-order valence-corrected chi connectivity index (χ2v) is 4.61. The minimum absolute atomic E-state index is 0.236. The van der Waals surface area contributed by atoms with E-state index in [1.807, 2.05) is 12.1 Å². The summed E-state index contributed by atoms with van der Waals surface area (Å²) < 4.78 is 0. The quantitative estimate of drug-likeness (QED) is 0.802. The molecule has 0 saturated heterocycles. The molecule has 0 fully saturated rings. The van der Waals surface area contributed by atoms with Gasteiger partial charge in [-0.1, -0.05) is 18.5 Å². The summed E-state index contributed by atoms with van der Waals surface area (Å²) in [6.45, 7) is 2.11. The van der Waals surface area contributed by atoms with Gasteiger partial charge in [0.15, 0.2) is 0 Å². The van der Waals surface area contributed by atoms with Crippen molar-refractivity contribution in [2.24, 2.45) is 5.73 Å². The molecule has 0 aliphatic rings. The number of benzene rings is 1. The Balaban J connectivity index is 2.87. The average Bonchev–Trinajstić information content (AvgIpc) is 2.18. The summed E-state index contributed by atoms with van der Waals surface area (Å²) in [6, 6.07) is 6.24. The average molecular weight is 230 g/mol. The normalized spacial score (nSPS) is 12.9. The summed E-state index contributed by atoms with van der Waals surface area (Å²) in [6.07, 6.45) is 3.98. The van der Waals surface area contributed by atoms with Crippen LogP contribution in [-0.2, 0) is 6.42 Å². The van der Waals surface area contributed by atoms with E-state index in [-0.39, 0.29) is 6.04 Å². The molecule has 1 aromatic rings. The second-order valence-electron chi connectivity index (χ2n) is 3.33. The molecule has 78 valence electrons. The van der Waals surface area contributed by atoms with E-state index in [1.54, 1.807) is 11.8 Å². The van der Waals surface area contributed by atoms with Gasteiger partial charge in [0, 0.05) is 16.0 Å². The van der Waals surface area contributed by atoms with Gasteiger partial charge in [0.25, 0.3) is 0 Å². The van der Waals surface area contributed by atoms with Gasteiger partial charge >= 0.3 is 0 Å². The summed E-state index contributed by atoms with van der Waals surface area (Å²) in [5.74, 6) is 0. The van der Waals surface area contributed by atoms with Crippen LogP contribution in [0.15, 0.2) is 23.1 Å². The van der Waals surface area contributed by atoms with Crippen LogP contribution in [0.5, 0.6) is 0 Å². The number of rotatable bonds is 4. The molecule has 0 aliphatic carbocycles. The zero-order valence-electron chi connectivity index (χ0n) is 8.59. The molecule has 0 spiro atoms. The van der Waals surface area contributed by atoms with Crippen LogP contribution >= 0.6 is 23.4 Å². The largest absolute Gasteiger partial charge is 0.327 e. The standard InChI is InChI=1S/C11H16ClNS/c1-3-10(13)7-8-6-9(12)4-5-11(8)14-2/h4-6,10H,3,7,13H2,1-2H3. The van der Waals surface area contributed by atoms with Crippen LogP contribution in [0.1, 0.15) is 18.9 Å². The smallest absolute Gasteiger partial charge is 0.0409 e. The van der Waals surface area contributed by atoms with Crippen LogP contribution in [0.25, 0.3) is 0 Å². The fraction of sp³-hybridized carbons (Fsp3) is 0.455. The predicted molar refractivity (Wildman–Crippen MR) is 65.2 cm³/mol. The Hall–Kier alpha value is -0.180. The van der Waals surface area contributed by atoms with Gasteiger partial charge in [-0.25, -0.2) is 0 Å². The van der Waals surface area contributed by atoms with Gasteiger partial charge in [0.1, 0.15) is 0 Å². The Kier molecular flexibility index (Phi) is 4.79. The zero-order chi connectivity index (χ0) is 10.6. The first-order valence-electron chi connectivity index (χ1n) is 4.75. The Morgan fingerprint density at radius 3 is 2.79 bits per heavy atom. The van der Waals surface area contributed by atoms with Crippen molar-refractivity contribution in [2.45, 2.75) is 30.7 Å². The number of hydrogen-bond acceptors (Lipinski definition) is 2. The van der Waals surface area contributed by atoms with Crippen molar-refractivity contribution in [3.8, 4) is 0 Å². The Bertz CT molecular complexity index is 301. The van der Waals surface area contributed by atoms with Crippen LogP contribution < -0.4 is 5.73 Å². The van der Waals surface area contributed by atoms with Gasteiger partial charge in [-0.05, 0) is 42.9 Å². The number of nitrogens with two attached hydrogens (primary N) is 1. The molecule has 0 radical (unpaired) electrons. The summed E-state index contributed by atoms with van der Waals surface area (Å²) in [4.78, 5) is 1.28. The SMILES string of the molecule is CCC(N)Cc1cc(Cl)ccc1SC. The Morgan fingerprint density at radius 2 is 2.21 bits per heavy atom. The number of thioether (sulfide) groups is 1. The molecule has 1 atom stereocenters.